The zero-order chi connectivity index (χ0) is 23.2. The molecule has 178 valence electrons. The van der Waals surface area contributed by atoms with Crippen LogP contribution in [0, 0.1) is 52.3 Å². The molecule has 1 amide bonds. The molecule has 8 atom stereocenters. The lowest BCUT2D eigenvalue weighted by Gasteiger charge is -2.57. The van der Waals surface area contributed by atoms with Crippen molar-refractivity contribution in [3.05, 3.63) is 18.0 Å². The van der Waals surface area contributed by atoms with Gasteiger partial charge in [0.1, 0.15) is 11.8 Å². The molecule has 2 N–H and O–H groups in total. The Morgan fingerprint density at radius 2 is 2.00 bits per heavy atom. The van der Waals surface area contributed by atoms with Crippen molar-refractivity contribution in [1.29, 1.82) is 5.26 Å². The first-order chi connectivity index (χ1) is 15.9. The minimum absolute atomic E-state index is 0.0171. The number of aromatic nitrogens is 2. The molecular formula is C27H38N4O2. The summed E-state index contributed by atoms with van der Waals surface area (Å²) in [5.74, 6) is 3.79. The number of rotatable bonds is 4. The highest BCUT2D eigenvalue weighted by Gasteiger charge is 2.59. The molecule has 1 aromatic rings. The van der Waals surface area contributed by atoms with Crippen LogP contribution in [0.15, 0.2) is 12.3 Å². The molecule has 5 rings (SSSR count). The van der Waals surface area contributed by atoms with E-state index in [0.29, 0.717) is 11.8 Å². The monoisotopic (exact) mass is 450 g/mol. The molecule has 4 saturated carbocycles. The summed E-state index contributed by atoms with van der Waals surface area (Å²) < 4.78 is 0. The van der Waals surface area contributed by atoms with Gasteiger partial charge >= 0.3 is 0 Å². The molecule has 0 aromatic carbocycles. The van der Waals surface area contributed by atoms with Gasteiger partial charge in [0, 0.05) is 12.1 Å². The van der Waals surface area contributed by atoms with Gasteiger partial charge in [-0.25, -0.2) is 9.97 Å². The first-order valence-electron chi connectivity index (χ1n) is 13.1. The van der Waals surface area contributed by atoms with Crippen molar-refractivity contribution in [3.8, 4) is 6.07 Å². The Morgan fingerprint density at radius 3 is 2.79 bits per heavy atom. The van der Waals surface area contributed by atoms with Gasteiger partial charge in [-0.2, -0.15) is 5.26 Å². The number of carbonyl (C=O) groups excluding carboxylic acids is 1. The predicted molar refractivity (Wildman–Crippen MR) is 126 cm³/mol. The van der Waals surface area contributed by atoms with Gasteiger partial charge in [-0.15, -0.1) is 0 Å². The van der Waals surface area contributed by atoms with Crippen LogP contribution in [-0.2, 0) is 4.79 Å². The SMILES string of the molecule is CCC[C@@]1(O)CC[C@H]2[C@H](CC[C@@H]3[C@@H]2CC[C@]2(C)[C@@H](C(=O)Nc4nccc(C#N)n4)CC[C@@H]32)C1. The molecule has 0 radical (unpaired) electrons. The van der Waals surface area contributed by atoms with Crippen LogP contribution < -0.4 is 5.32 Å². The van der Waals surface area contributed by atoms with Gasteiger partial charge in [0.15, 0.2) is 0 Å². The fourth-order valence-corrected chi connectivity index (χ4v) is 8.76. The number of hydrogen-bond donors (Lipinski definition) is 2. The fraction of sp³-hybridized carbons (Fsp3) is 0.778. The van der Waals surface area contributed by atoms with Crippen LogP contribution in [0.1, 0.15) is 90.2 Å². The Kier molecular flexibility index (Phi) is 5.97. The second kappa shape index (κ2) is 8.65. The molecule has 4 aliphatic rings. The summed E-state index contributed by atoms with van der Waals surface area (Å²) in [7, 11) is 0. The second-order valence-electron chi connectivity index (χ2n) is 11.7. The second-order valence-corrected chi connectivity index (χ2v) is 11.7. The van der Waals surface area contributed by atoms with Gasteiger partial charge in [-0.05, 0) is 105 Å². The molecule has 4 fully saturated rings. The average molecular weight is 451 g/mol. The summed E-state index contributed by atoms with van der Waals surface area (Å²) in [6.45, 7) is 4.53. The number of amides is 1. The Bertz CT molecular complexity index is 944. The lowest BCUT2D eigenvalue weighted by molar-refractivity contribution is -0.130. The van der Waals surface area contributed by atoms with E-state index in [2.05, 4.69) is 29.1 Å². The maximum Gasteiger partial charge on any atom is 0.230 e. The third kappa shape index (κ3) is 3.97. The number of nitrogens with zero attached hydrogens (tertiary/aromatic N) is 3. The largest absolute Gasteiger partial charge is 0.390 e. The Balaban J connectivity index is 1.28. The molecule has 33 heavy (non-hydrogen) atoms. The van der Waals surface area contributed by atoms with Gasteiger partial charge < -0.3 is 5.11 Å². The van der Waals surface area contributed by atoms with E-state index in [0.717, 1.165) is 62.7 Å². The maximum atomic E-state index is 13.3. The summed E-state index contributed by atoms with van der Waals surface area (Å²) in [5, 5.41) is 23.1. The van der Waals surface area contributed by atoms with E-state index >= 15 is 0 Å². The summed E-state index contributed by atoms with van der Waals surface area (Å²) >= 11 is 0. The van der Waals surface area contributed by atoms with Crippen molar-refractivity contribution in [2.24, 2.45) is 40.9 Å². The Morgan fingerprint density at radius 1 is 1.18 bits per heavy atom. The van der Waals surface area contributed by atoms with Crippen LogP contribution in [0.4, 0.5) is 5.95 Å². The smallest absolute Gasteiger partial charge is 0.230 e. The molecule has 0 aliphatic heterocycles. The van der Waals surface area contributed by atoms with Crippen molar-refractivity contribution in [1.82, 2.24) is 9.97 Å². The van der Waals surface area contributed by atoms with E-state index in [1.807, 2.05) is 6.07 Å². The molecule has 0 unspecified atom stereocenters. The average Bonchev–Trinajstić information content (AvgIpc) is 3.16. The standard InChI is InChI=1S/C27H38N4O2/c1-3-11-27(33)13-9-19-17(15-27)4-5-21-20(19)8-12-26(2)22(21)6-7-23(26)24(32)31-25-29-14-10-18(16-28)30-25/h10,14,17,19-23,33H,3-9,11-13,15H2,1-2H3,(H,29,30,31,32)/t17-,19+,20-,21-,22+,23-,26+,27-/m1/s1. The highest BCUT2D eigenvalue weighted by atomic mass is 16.3. The van der Waals surface area contributed by atoms with Crippen LogP contribution in [-0.4, -0.2) is 26.6 Å². The molecule has 4 aliphatic carbocycles. The van der Waals surface area contributed by atoms with Crippen LogP contribution in [0.2, 0.25) is 0 Å². The van der Waals surface area contributed by atoms with Crippen molar-refractivity contribution < 1.29 is 9.90 Å². The van der Waals surface area contributed by atoms with Crippen LogP contribution in [0.25, 0.3) is 0 Å². The molecule has 0 saturated heterocycles. The van der Waals surface area contributed by atoms with E-state index in [9.17, 15) is 9.90 Å². The van der Waals surface area contributed by atoms with E-state index < -0.39 is 5.60 Å². The number of nitrogens with one attached hydrogen (secondary N) is 1. The minimum atomic E-state index is -0.423. The highest BCUT2D eigenvalue weighted by molar-refractivity contribution is 5.91. The third-order valence-corrected chi connectivity index (χ3v) is 10.1. The van der Waals surface area contributed by atoms with Gasteiger partial charge in [0.05, 0.1) is 5.60 Å². The molecule has 1 aromatic heterocycles. The molecule has 0 bridgehead atoms. The van der Waals surface area contributed by atoms with Crippen molar-refractivity contribution in [2.75, 3.05) is 5.32 Å². The highest BCUT2D eigenvalue weighted by Crippen LogP contribution is 2.64. The zero-order valence-electron chi connectivity index (χ0n) is 20.1. The summed E-state index contributed by atoms with van der Waals surface area (Å²) in [5.41, 5.74) is -0.123. The lowest BCUT2D eigenvalue weighted by Crippen LogP contribution is -2.51. The molecular weight excluding hydrogens is 412 g/mol. The molecule has 6 nitrogen and oxygen atoms in total. The normalized spacial score (nSPS) is 41.9. The number of aliphatic hydroxyl groups is 1. The Hall–Kier alpha value is -2.00. The van der Waals surface area contributed by atoms with Gasteiger partial charge in [-0.3, -0.25) is 10.1 Å². The van der Waals surface area contributed by atoms with E-state index in [1.165, 1.54) is 31.9 Å². The molecule has 0 spiro atoms. The number of hydrogen-bond acceptors (Lipinski definition) is 5. The number of carbonyl (C=O) groups is 1. The zero-order valence-corrected chi connectivity index (χ0v) is 20.1. The van der Waals surface area contributed by atoms with Crippen molar-refractivity contribution in [2.45, 2.75) is 90.1 Å². The quantitative estimate of drug-likeness (QED) is 0.666. The summed E-state index contributed by atoms with van der Waals surface area (Å²) in [6, 6.07) is 3.56. The van der Waals surface area contributed by atoms with Crippen LogP contribution in [0.5, 0.6) is 0 Å². The van der Waals surface area contributed by atoms with Crippen LogP contribution >= 0.6 is 0 Å². The third-order valence-electron chi connectivity index (χ3n) is 10.1. The fourth-order valence-electron chi connectivity index (χ4n) is 8.76. The molecule has 6 heteroatoms. The van der Waals surface area contributed by atoms with Crippen molar-refractivity contribution in [3.63, 3.8) is 0 Å². The maximum absolute atomic E-state index is 13.3. The Labute approximate surface area is 197 Å². The van der Waals surface area contributed by atoms with E-state index in [-0.39, 0.29) is 28.9 Å². The topological polar surface area (TPSA) is 98.9 Å². The van der Waals surface area contributed by atoms with E-state index in [1.54, 1.807) is 6.07 Å². The van der Waals surface area contributed by atoms with E-state index in [4.69, 9.17) is 5.26 Å². The summed E-state index contributed by atoms with van der Waals surface area (Å²) in [6.07, 6.45) is 13.6. The van der Waals surface area contributed by atoms with Gasteiger partial charge in [-0.1, -0.05) is 20.3 Å². The first-order valence-corrected chi connectivity index (χ1v) is 13.1. The number of fused-ring (bicyclic) bond motifs is 5. The first kappa shape index (κ1) is 22.8. The number of nitriles is 1. The van der Waals surface area contributed by atoms with Crippen LogP contribution in [0.3, 0.4) is 0 Å². The number of anilines is 1. The lowest BCUT2D eigenvalue weighted by atomic mass is 9.49. The van der Waals surface area contributed by atoms with Gasteiger partial charge in [0.25, 0.3) is 0 Å². The van der Waals surface area contributed by atoms with Crippen molar-refractivity contribution >= 4 is 11.9 Å². The minimum Gasteiger partial charge on any atom is -0.390 e. The predicted octanol–water partition coefficient (Wildman–Crippen LogP) is 5.09. The molecule has 1 heterocycles. The van der Waals surface area contributed by atoms with Gasteiger partial charge in [0.2, 0.25) is 11.9 Å². The summed E-state index contributed by atoms with van der Waals surface area (Å²) in [4.78, 5) is 21.6.